The average molecular weight is 1040 g/mol. The van der Waals surface area contributed by atoms with Gasteiger partial charge in [-0.15, -0.1) is 0 Å². The summed E-state index contributed by atoms with van der Waals surface area (Å²) in [6.07, 6.45) is -0.639. The van der Waals surface area contributed by atoms with Gasteiger partial charge in [-0.05, 0) is 89.5 Å². The van der Waals surface area contributed by atoms with Crippen molar-refractivity contribution in [2.24, 2.45) is 0 Å². The van der Waals surface area contributed by atoms with Crippen molar-refractivity contribution in [3.8, 4) is 0 Å². The van der Waals surface area contributed by atoms with E-state index in [0.717, 1.165) is 43.6 Å². The predicted octanol–water partition coefficient (Wildman–Crippen LogP) is 6.68. The van der Waals surface area contributed by atoms with Crippen molar-refractivity contribution in [3.63, 3.8) is 0 Å². The number of ether oxygens (including phenoxy) is 3. The van der Waals surface area contributed by atoms with Crippen molar-refractivity contribution in [2.45, 2.75) is 77.9 Å². The summed E-state index contributed by atoms with van der Waals surface area (Å²) in [5.41, 5.74) is 4.62. The van der Waals surface area contributed by atoms with E-state index < -0.39 is 28.4 Å². The number of nitrogens with zero attached hydrogens (tertiary/aromatic N) is 4. The smallest absolute Gasteiger partial charge is 0.414 e. The first-order valence-corrected chi connectivity index (χ1v) is 26.3. The summed E-state index contributed by atoms with van der Waals surface area (Å²) in [6, 6.07) is 28.2. The maximum Gasteiger partial charge on any atom is 0.414 e. The van der Waals surface area contributed by atoms with Crippen LogP contribution in [0.2, 0.25) is 0 Å². The van der Waals surface area contributed by atoms with Crippen molar-refractivity contribution in [3.05, 3.63) is 130 Å². The van der Waals surface area contributed by atoms with Crippen molar-refractivity contribution >= 4 is 63.1 Å². The molecule has 7 rings (SSSR count). The van der Waals surface area contributed by atoms with Gasteiger partial charge in [0.15, 0.2) is 0 Å². The Morgan fingerprint density at radius 2 is 1.07 bits per heavy atom. The number of amides is 4. The number of amidine groups is 2. The van der Waals surface area contributed by atoms with Crippen LogP contribution in [0.1, 0.15) is 97.9 Å². The average Bonchev–Trinajstić information content (AvgIpc) is 3.93. The lowest BCUT2D eigenvalue weighted by Gasteiger charge is -2.35. The van der Waals surface area contributed by atoms with E-state index >= 15 is 0 Å². The van der Waals surface area contributed by atoms with Crippen LogP contribution in [0.3, 0.4) is 0 Å². The van der Waals surface area contributed by atoms with Gasteiger partial charge in [0.1, 0.15) is 30.5 Å². The molecule has 3 aliphatic heterocycles. The Morgan fingerprint density at radius 3 is 1.50 bits per heavy atom. The van der Waals surface area contributed by atoms with Crippen LogP contribution in [0.4, 0.5) is 21.0 Å². The molecule has 19 nitrogen and oxygen atoms in total. The number of anilines is 2. The fourth-order valence-corrected chi connectivity index (χ4v) is 9.00. The minimum atomic E-state index is -3.64. The second-order valence-electron chi connectivity index (χ2n) is 20.3. The summed E-state index contributed by atoms with van der Waals surface area (Å²) >= 11 is 0. The topological polar surface area (TPSA) is 241 Å². The molecular formula is C54H68N8O11S. The molecule has 396 valence electrons. The summed E-state index contributed by atoms with van der Waals surface area (Å²) < 4.78 is 42.8. The molecule has 4 N–H and O–H groups in total. The summed E-state index contributed by atoms with van der Waals surface area (Å²) in [7, 11) is -3.64. The van der Waals surface area contributed by atoms with Crippen molar-refractivity contribution in [1.29, 1.82) is 10.8 Å². The van der Waals surface area contributed by atoms with Gasteiger partial charge in [0.25, 0.3) is 21.9 Å². The molecule has 2 unspecified atom stereocenters. The number of hydrogen-bond donors (Lipinski definition) is 4. The Kier molecular flexibility index (Phi) is 18.5. The molecule has 0 saturated carbocycles. The third-order valence-electron chi connectivity index (χ3n) is 12.5. The van der Waals surface area contributed by atoms with Gasteiger partial charge in [-0.25, -0.2) is 9.59 Å². The van der Waals surface area contributed by atoms with E-state index in [0.29, 0.717) is 66.3 Å². The fourth-order valence-electron chi connectivity index (χ4n) is 8.60. The molecule has 74 heavy (non-hydrogen) atoms. The lowest BCUT2D eigenvalue weighted by Crippen LogP contribution is -2.49. The zero-order valence-corrected chi connectivity index (χ0v) is 44.2. The van der Waals surface area contributed by atoms with Crippen molar-refractivity contribution in [2.75, 3.05) is 81.6 Å². The highest BCUT2D eigenvalue weighted by Gasteiger charge is 2.35. The second-order valence-corrected chi connectivity index (χ2v) is 21.9. The minimum Gasteiger partial charge on any atom is -0.466 e. The number of cyclic esters (lactones) is 2. The van der Waals surface area contributed by atoms with E-state index in [2.05, 4.69) is 20.4 Å². The van der Waals surface area contributed by atoms with E-state index in [9.17, 15) is 32.4 Å². The van der Waals surface area contributed by atoms with E-state index in [1.165, 1.54) is 4.90 Å². The molecule has 0 radical (unpaired) electrons. The Balaban J connectivity index is 0.000000247. The molecule has 0 bridgehead atoms. The normalized spacial score (nSPS) is 17.4. The molecule has 2 atom stereocenters. The van der Waals surface area contributed by atoms with E-state index in [4.69, 9.17) is 29.2 Å². The third-order valence-corrected chi connectivity index (χ3v) is 13.0. The highest BCUT2D eigenvalue weighted by atomic mass is 32.2. The third kappa shape index (κ3) is 15.5. The molecule has 3 saturated heterocycles. The van der Waals surface area contributed by atoms with Crippen LogP contribution < -0.4 is 20.4 Å². The summed E-state index contributed by atoms with van der Waals surface area (Å²) in [5.74, 6) is -0.932. The van der Waals surface area contributed by atoms with Gasteiger partial charge >= 0.3 is 18.2 Å². The number of rotatable bonds is 15. The van der Waals surface area contributed by atoms with Crippen LogP contribution in [0.5, 0.6) is 0 Å². The summed E-state index contributed by atoms with van der Waals surface area (Å²) in [6.45, 7) is 19.5. The van der Waals surface area contributed by atoms with Gasteiger partial charge in [-0.3, -0.25) is 44.1 Å². The number of nitrogens with one attached hydrogen (secondary N) is 4. The highest BCUT2D eigenvalue weighted by molar-refractivity contribution is 7.86. The monoisotopic (exact) mass is 1040 g/mol. The first-order chi connectivity index (χ1) is 34.9. The lowest BCUT2D eigenvalue weighted by atomic mass is 9.83. The lowest BCUT2D eigenvalue weighted by molar-refractivity contribution is -0.143. The fraction of sp³-hybridized carbons (Fsp3) is 0.426. The Labute approximate surface area is 433 Å². The molecule has 4 aromatic rings. The van der Waals surface area contributed by atoms with Crippen molar-refractivity contribution in [1.82, 2.24) is 20.4 Å². The number of carbonyl (C=O) groups excluding carboxylic acids is 5. The molecule has 4 aromatic carbocycles. The zero-order chi connectivity index (χ0) is 54.0. The van der Waals surface area contributed by atoms with Gasteiger partial charge in [-0.2, -0.15) is 8.42 Å². The standard InChI is InChI=1S/C31H41N5O5.C23H27N3O6S/c1-5-40-27(37)14-15-34-16-18-35(19-17-34)20-24-21-36(30(39)41-24)23-12-10-22(11-13-23)28(32)33-29(38)25-8-6-7-9-26(25)31(2,3)4;1-23(2,3)19-8-6-5-7-18(19)21(27)25-20(24)15-9-11-16(12-10-15)26-13-17(32-22(26)28)14-31-33(4,29)30/h6-13,24H,5,14-21H2,1-4H3,(H2,32,33,38);5-12,17H,13-14H2,1-4H3,(H2,24,25,27). The van der Waals surface area contributed by atoms with Gasteiger partial charge in [-0.1, -0.05) is 77.9 Å². The first-order valence-electron chi connectivity index (χ1n) is 24.5. The number of carbonyl (C=O) groups is 5. The van der Waals surface area contributed by atoms with Crippen LogP contribution in [-0.2, 0) is 44.1 Å². The number of benzene rings is 4. The molecule has 3 aliphatic rings. The van der Waals surface area contributed by atoms with Gasteiger partial charge in [0.2, 0.25) is 0 Å². The Morgan fingerprint density at radius 1 is 0.649 bits per heavy atom. The van der Waals surface area contributed by atoms with E-state index in [1.54, 1.807) is 71.6 Å². The summed E-state index contributed by atoms with van der Waals surface area (Å²) in [4.78, 5) is 69.7. The SMILES string of the molecule is CC(C)(C)c1ccccc1C(=O)NC(=N)c1ccc(N2CC(COS(C)(=O)=O)OC2=O)cc1.CCOC(=O)CCN1CCN(CC2CN(c3ccc(C(=N)NC(=O)c4ccccc4C(C)(C)C)cc3)C(=O)O2)CC1. The van der Waals surface area contributed by atoms with Crippen LogP contribution >= 0.6 is 0 Å². The minimum absolute atomic E-state index is 0.00599. The molecule has 0 spiro atoms. The maximum absolute atomic E-state index is 13.0. The molecule has 20 heteroatoms. The van der Waals surface area contributed by atoms with Crippen LogP contribution in [0.15, 0.2) is 97.1 Å². The molecule has 3 heterocycles. The van der Waals surface area contributed by atoms with Crippen LogP contribution in [0.25, 0.3) is 0 Å². The highest BCUT2D eigenvalue weighted by Crippen LogP contribution is 2.28. The first kappa shape index (κ1) is 56.3. The predicted molar refractivity (Wildman–Crippen MR) is 282 cm³/mol. The number of piperazine rings is 1. The summed E-state index contributed by atoms with van der Waals surface area (Å²) in [5, 5.41) is 22.1. The van der Waals surface area contributed by atoms with E-state index in [-0.39, 0.29) is 59.5 Å². The molecule has 3 fully saturated rings. The van der Waals surface area contributed by atoms with Crippen LogP contribution in [0, 0.1) is 10.8 Å². The quantitative estimate of drug-likeness (QED) is 0.0320. The zero-order valence-electron chi connectivity index (χ0n) is 43.4. The molecular weight excluding hydrogens is 969 g/mol. The number of hydrogen-bond acceptors (Lipinski definition) is 15. The van der Waals surface area contributed by atoms with Crippen LogP contribution in [-0.4, -0.2) is 144 Å². The van der Waals surface area contributed by atoms with Gasteiger partial charge in [0.05, 0.1) is 32.4 Å². The largest absolute Gasteiger partial charge is 0.466 e. The second kappa shape index (κ2) is 24.4. The molecule has 0 aromatic heterocycles. The maximum atomic E-state index is 13.0. The Bertz CT molecular complexity index is 2800. The van der Waals surface area contributed by atoms with Gasteiger partial charge < -0.3 is 29.7 Å². The molecule has 0 aliphatic carbocycles. The van der Waals surface area contributed by atoms with E-state index in [1.807, 2.05) is 78.8 Å². The number of esters is 1. The van der Waals surface area contributed by atoms with Crippen molar-refractivity contribution < 1.29 is 50.8 Å². The molecule has 4 amide bonds. The Hall–Kier alpha value is -7.00. The van der Waals surface area contributed by atoms with Gasteiger partial charge in [0, 0.05) is 72.9 Å².